The van der Waals surface area contributed by atoms with E-state index in [1.807, 2.05) is 42.6 Å². The number of nitrogens with one attached hydrogen (secondary N) is 2. The van der Waals surface area contributed by atoms with E-state index < -0.39 is 11.5 Å². The molecule has 2 aromatic heterocycles. The Labute approximate surface area is 194 Å². The molecular formula is C25H20N4OS2. The molecule has 32 heavy (non-hydrogen) atoms. The molecule has 0 spiro atoms. The van der Waals surface area contributed by atoms with Gasteiger partial charge in [0, 0.05) is 16.6 Å². The number of nitriles is 1. The van der Waals surface area contributed by atoms with Crippen molar-refractivity contribution in [3.8, 4) is 17.2 Å². The molecule has 1 aliphatic rings. The van der Waals surface area contributed by atoms with Crippen LogP contribution in [0.5, 0.6) is 0 Å². The molecule has 5 rings (SSSR count). The van der Waals surface area contributed by atoms with Crippen LogP contribution in [0.4, 0.5) is 0 Å². The van der Waals surface area contributed by atoms with Crippen LogP contribution in [0.25, 0.3) is 21.2 Å². The largest absolute Gasteiger partial charge is 0.345 e. The van der Waals surface area contributed by atoms with Gasteiger partial charge in [0.15, 0.2) is 5.96 Å². The third kappa shape index (κ3) is 3.11. The van der Waals surface area contributed by atoms with Crippen LogP contribution in [0, 0.1) is 16.7 Å². The minimum absolute atomic E-state index is 0.0923. The first-order chi connectivity index (χ1) is 15.4. The molecule has 0 radical (unpaired) electrons. The van der Waals surface area contributed by atoms with Crippen LogP contribution >= 0.6 is 22.7 Å². The lowest BCUT2D eigenvalue weighted by atomic mass is 9.76. The van der Waals surface area contributed by atoms with Gasteiger partial charge in [0.25, 0.3) is 0 Å². The number of benzene rings is 2. The van der Waals surface area contributed by atoms with Gasteiger partial charge in [-0.2, -0.15) is 5.26 Å². The van der Waals surface area contributed by atoms with Gasteiger partial charge in [0.1, 0.15) is 0 Å². The number of amides is 1. The maximum absolute atomic E-state index is 13.5. The lowest BCUT2D eigenvalue weighted by molar-refractivity contribution is -0.131. The fourth-order valence-electron chi connectivity index (χ4n) is 4.35. The highest BCUT2D eigenvalue weighted by Crippen LogP contribution is 2.47. The van der Waals surface area contributed by atoms with Crippen molar-refractivity contribution in [1.82, 2.24) is 10.2 Å². The zero-order valence-electron chi connectivity index (χ0n) is 17.5. The first-order valence-corrected chi connectivity index (χ1v) is 11.9. The van der Waals surface area contributed by atoms with Gasteiger partial charge in [-0.25, -0.2) is 0 Å². The number of thiophene rings is 2. The minimum atomic E-state index is -0.778. The van der Waals surface area contributed by atoms with Crippen LogP contribution in [0.2, 0.25) is 0 Å². The minimum Gasteiger partial charge on any atom is -0.345 e. The highest BCUT2D eigenvalue weighted by Gasteiger charge is 2.49. The fourth-order valence-corrected chi connectivity index (χ4v) is 6.40. The van der Waals surface area contributed by atoms with Gasteiger partial charge in [0.2, 0.25) is 5.91 Å². The number of hydrogen-bond donors (Lipinski definition) is 2. The van der Waals surface area contributed by atoms with E-state index in [2.05, 4.69) is 35.0 Å². The predicted octanol–water partition coefficient (Wildman–Crippen LogP) is 5.50. The fraction of sp³-hybridized carbons (Fsp3) is 0.160. The SMILES string of the molecule is CN1C(=N)NC(C)(c2cc(-c3cccc(C#N)c3)cs2)C(c2csc3ccccc23)C1=O. The molecule has 1 saturated heterocycles. The molecule has 4 aromatic rings. The van der Waals surface area contributed by atoms with Crippen molar-refractivity contribution in [3.05, 3.63) is 81.4 Å². The zero-order valence-corrected chi connectivity index (χ0v) is 19.2. The molecule has 2 unspecified atom stereocenters. The quantitative estimate of drug-likeness (QED) is 0.427. The third-order valence-corrected chi connectivity index (χ3v) is 8.28. The first-order valence-electron chi connectivity index (χ1n) is 10.1. The Morgan fingerprint density at radius 2 is 1.91 bits per heavy atom. The average Bonchev–Trinajstić information content (AvgIpc) is 3.46. The van der Waals surface area contributed by atoms with Crippen molar-refractivity contribution in [2.75, 3.05) is 7.05 Å². The Hall–Kier alpha value is -3.47. The molecule has 2 aromatic carbocycles. The summed E-state index contributed by atoms with van der Waals surface area (Å²) in [5.74, 6) is -0.481. The van der Waals surface area contributed by atoms with E-state index in [0.717, 1.165) is 31.7 Å². The summed E-state index contributed by atoms with van der Waals surface area (Å²) in [6.45, 7) is 2.00. The number of nitrogens with zero attached hydrogens (tertiary/aromatic N) is 2. The Morgan fingerprint density at radius 3 is 2.72 bits per heavy atom. The standard InChI is InChI=1S/C25H20N4OS2/c1-25(21-11-17(13-32-21)16-7-5-6-15(10-16)12-26)22(23(30)29(2)24(27)28-25)19-14-31-20-9-4-3-8-18(19)20/h3-11,13-14,22H,1-2H3,(H2,27,28). The van der Waals surface area contributed by atoms with Crippen LogP contribution in [-0.4, -0.2) is 23.8 Å². The van der Waals surface area contributed by atoms with E-state index in [9.17, 15) is 10.1 Å². The molecule has 0 bridgehead atoms. The molecule has 2 atom stereocenters. The smallest absolute Gasteiger partial charge is 0.239 e. The molecule has 1 aliphatic heterocycles. The van der Waals surface area contributed by atoms with Crippen LogP contribution in [0.1, 0.15) is 28.8 Å². The highest BCUT2D eigenvalue weighted by atomic mass is 32.1. The summed E-state index contributed by atoms with van der Waals surface area (Å²) in [5, 5.41) is 26.2. The number of rotatable bonds is 3. The molecule has 0 saturated carbocycles. The summed E-state index contributed by atoms with van der Waals surface area (Å²) in [6.07, 6.45) is 0. The third-order valence-electron chi connectivity index (χ3n) is 6.13. The predicted molar refractivity (Wildman–Crippen MR) is 130 cm³/mol. The molecule has 0 aliphatic carbocycles. The van der Waals surface area contributed by atoms with E-state index in [1.54, 1.807) is 35.8 Å². The first kappa shape index (κ1) is 20.4. The number of guanidine groups is 1. The monoisotopic (exact) mass is 456 g/mol. The van der Waals surface area contributed by atoms with Gasteiger partial charge in [-0.3, -0.25) is 15.1 Å². The number of hydrogen-bond acceptors (Lipinski definition) is 5. The second kappa shape index (κ2) is 7.59. The van der Waals surface area contributed by atoms with Gasteiger partial charge in [0.05, 0.1) is 23.1 Å². The van der Waals surface area contributed by atoms with Crippen molar-refractivity contribution in [2.24, 2.45) is 0 Å². The summed E-state index contributed by atoms with van der Waals surface area (Å²) in [6, 6.07) is 19.9. The second-order valence-electron chi connectivity index (χ2n) is 8.09. The van der Waals surface area contributed by atoms with Crippen molar-refractivity contribution < 1.29 is 4.79 Å². The summed E-state index contributed by atoms with van der Waals surface area (Å²) in [4.78, 5) is 15.9. The maximum Gasteiger partial charge on any atom is 0.239 e. The van der Waals surface area contributed by atoms with Crippen molar-refractivity contribution in [2.45, 2.75) is 18.4 Å². The van der Waals surface area contributed by atoms with Gasteiger partial charge in [-0.15, -0.1) is 22.7 Å². The molecular weight excluding hydrogens is 436 g/mol. The van der Waals surface area contributed by atoms with Crippen LogP contribution in [0.3, 0.4) is 0 Å². The van der Waals surface area contributed by atoms with E-state index >= 15 is 0 Å². The number of fused-ring (bicyclic) bond motifs is 1. The molecule has 158 valence electrons. The summed E-state index contributed by atoms with van der Waals surface area (Å²) < 4.78 is 1.14. The van der Waals surface area contributed by atoms with Crippen molar-refractivity contribution >= 4 is 44.6 Å². The highest BCUT2D eigenvalue weighted by molar-refractivity contribution is 7.17. The maximum atomic E-state index is 13.5. The molecule has 7 heteroatoms. The van der Waals surface area contributed by atoms with Gasteiger partial charge in [-0.05, 0) is 64.0 Å². The Balaban J connectivity index is 1.65. The van der Waals surface area contributed by atoms with Gasteiger partial charge in [-0.1, -0.05) is 30.3 Å². The molecule has 1 amide bonds. The molecule has 3 heterocycles. The van der Waals surface area contributed by atoms with E-state index in [-0.39, 0.29) is 11.9 Å². The Kier molecular flexibility index (Phi) is 4.85. The molecule has 2 N–H and O–H groups in total. The lowest BCUT2D eigenvalue weighted by Gasteiger charge is -2.45. The summed E-state index contributed by atoms with van der Waals surface area (Å²) in [7, 11) is 1.64. The van der Waals surface area contributed by atoms with E-state index in [0.29, 0.717) is 5.56 Å². The number of carbonyl (C=O) groups excluding carboxylic acids is 1. The molecule has 5 nitrogen and oxygen atoms in total. The lowest BCUT2D eigenvalue weighted by Crippen LogP contribution is -2.62. The Bertz CT molecular complexity index is 1410. The Morgan fingerprint density at radius 1 is 1.09 bits per heavy atom. The van der Waals surface area contributed by atoms with Crippen LogP contribution in [0.15, 0.2) is 65.4 Å². The number of likely N-dealkylation sites (N-methyl/N-ethyl adjacent to an activating group) is 1. The van der Waals surface area contributed by atoms with Gasteiger partial charge < -0.3 is 5.32 Å². The average molecular weight is 457 g/mol. The molecule has 1 fully saturated rings. The number of carbonyl (C=O) groups is 1. The van der Waals surface area contributed by atoms with Crippen molar-refractivity contribution in [3.63, 3.8) is 0 Å². The topological polar surface area (TPSA) is 80.0 Å². The second-order valence-corrected chi connectivity index (χ2v) is 9.91. The van der Waals surface area contributed by atoms with Gasteiger partial charge >= 0.3 is 0 Å². The normalized spacial score (nSPS) is 20.9. The van der Waals surface area contributed by atoms with Crippen molar-refractivity contribution in [1.29, 1.82) is 10.7 Å². The summed E-state index contributed by atoms with van der Waals surface area (Å²) in [5.41, 5.74) is 2.77. The van der Waals surface area contributed by atoms with E-state index in [4.69, 9.17) is 5.41 Å². The van der Waals surface area contributed by atoms with Crippen LogP contribution < -0.4 is 5.32 Å². The zero-order chi connectivity index (χ0) is 22.5. The van der Waals surface area contributed by atoms with E-state index in [1.165, 1.54) is 4.90 Å². The van der Waals surface area contributed by atoms with Crippen LogP contribution in [-0.2, 0) is 10.3 Å². The summed E-state index contributed by atoms with van der Waals surface area (Å²) >= 11 is 3.20.